The molecule has 0 heterocycles. The summed E-state index contributed by atoms with van der Waals surface area (Å²) in [4.78, 5) is 15.5. The molecule has 55 heavy (non-hydrogen) atoms. The SMILES string of the molecule is C=C(CCCCCN(CCCCCCCC(=O)OC(CCCCCCCC)CCCCCCCC)CCCCSSCC)OCCCCCCCCC[CH2-].[U]. The van der Waals surface area contributed by atoms with Crippen LogP contribution >= 0.6 is 21.6 Å². The molecule has 0 aliphatic heterocycles. The van der Waals surface area contributed by atoms with E-state index in [1.54, 1.807) is 0 Å². The Morgan fingerprint density at radius 3 is 1.58 bits per heavy atom. The number of unbranched alkanes of at least 4 members (excludes halogenated alkanes) is 24. The van der Waals surface area contributed by atoms with Crippen molar-refractivity contribution in [1.82, 2.24) is 4.90 Å². The molecule has 0 aromatic carbocycles. The summed E-state index contributed by atoms with van der Waals surface area (Å²) < 4.78 is 12.0. The van der Waals surface area contributed by atoms with Gasteiger partial charge in [-0.05, 0) is 90.3 Å². The molecule has 0 amide bonds. The van der Waals surface area contributed by atoms with Crippen LogP contribution in [-0.2, 0) is 14.3 Å². The summed E-state index contributed by atoms with van der Waals surface area (Å²) in [5.41, 5.74) is 0. The van der Waals surface area contributed by atoms with Gasteiger partial charge in [0, 0.05) is 55.5 Å². The summed E-state index contributed by atoms with van der Waals surface area (Å²) in [6, 6.07) is 0. The van der Waals surface area contributed by atoms with Gasteiger partial charge in [0.15, 0.2) is 0 Å². The second kappa shape index (κ2) is 49.1. The molecule has 0 aromatic rings. The predicted molar refractivity (Wildman–Crippen MR) is 246 cm³/mol. The van der Waals surface area contributed by atoms with Gasteiger partial charge in [-0.25, -0.2) is 0 Å². The molecule has 0 aliphatic rings. The summed E-state index contributed by atoms with van der Waals surface area (Å²) in [5.74, 6) is 3.51. The Labute approximate surface area is 377 Å². The van der Waals surface area contributed by atoms with Crippen molar-refractivity contribution in [1.29, 1.82) is 0 Å². The van der Waals surface area contributed by atoms with E-state index >= 15 is 0 Å². The standard InChI is InChI=1S/C48H94NO3S2.U/c1-6-10-13-16-19-20-26-35-44-51-46(5)37-28-27-33-42-49(43-34-36-45-54-53-9-4)41-32-25-21-24-31-40-48(50)52-47(38-29-22-17-14-11-7-2)39-30-23-18-15-12-8-3;/h47H,1,5-45H2,2-4H3;/q-1;. The van der Waals surface area contributed by atoms with Gasteiger partial charge in [0.2, 0.25) is 0 Å². The summed E-state index contributed by atoms with van der Waals surface area (Å²) in [6.45, 7) is 19.4. The van der Waals surface area contributed by atoms with E-state index in [2.05, 4.69) is 39.2 Å². The number of carbonyl (C=O) groups is 1. The molecular weight excluding hydrogens is 941 g/mol. The van der Waals surface area contributed by atoms with Gasteiger partial charge in [0.05, 0.1) is 12.4 Å². The minimum absolute atomic E-state index is 0. The molecule has 4 nitrogen and oxygen atoms in total. The molecular formula is C48H94NO3S2U-. The number of nitrogens with zero attached hydrogens (tertiary/aromatic N) is 1. The number of esters is 1. The van der Waals surface area contributed by atoms with Crippen LogP contribution in [0.15, 0.2) is 12.3 Å². The maximum Gasteiger partial charge on any atom is 0.306 e. The summed E-state index contributed by atoms with van der Waals surface area (Å²) in [6.07, 6.45) is 41.8. The van der Waals surface area contributed by atoms with Crippen LogP contribution in [0.5, 0.6) is 0 Å². The third kappa shape index (κ3) is 45.7. The van der Waals surface area contributed by atoms with Crippen LogP contribution in [0.2, 0.25) is 0 Å². The molecule has 326 valence electrons. The predicted octanol–water partition coefficient (Wildman–Crippen LogP) is 16.3. The molecule has 0 bridgehead atoms. The number of hydrogen-bond acceptors (Lipinski definition) is 6. The second-order valence-corrected chi connectivity index (χ2v) is 18.9. The number of allylic oxidation sites excluding steroid dienone is 1. The molecule has 0 radical (unpaired) electrons. The van der Waals surface area contributed by atoms with E-state index < -0.39 is 0 Å². The van der Waals surface area contributed by atoms with Gasteiger partial charge in [0.1, 0.15) is 6.10 Å². The maximum absolute atomic E-state index is 12.8. The maximum atomic E-state index is 12.8. The largest absolute Gasteiger partial charge is 0.499 e. The minimum Gasteiger partial charge on any atom is -0.499 e. The number of carbonyl (C=O) groups excluding carboxylic acids is 1. The fourth-order valence-corrected chi connectivity index (χ4v) is 9.02. The van der Waals surface area contributed by atoms with Crippen LogP contribution in [0.1, 0.15) is 239 Å². The molecule has 7 heteroatoms. The van der Waals surface area contributed by atoms with Gasteiger partial charge in [-0.15, -0.1) is 0 Å². The molecule has 0 aromatic heterocycles. The average molecular weight is 1040 g/mol. The van der Waals surface area contributed by atoms with Gasteiger partial charge >= 0.3 is 5.97 Å². The summed E-state index contributed by atoms with van der Waals surface area (Å²) in [7, 11) is 4.03. The van der Waals surface area contributed by atoms with Gasteiger partial charge in [-0.2, -0.15) is 6.42 Å². The van der Waals surface area contributed by atoms with Crippen LogP contribution in [0.4, 0.5) is 0 Å². The van der Waals surface area contributed by atoms with Crippen molar-refractivity contribution >= 4 is 27.6 Å². The van der Waals surface area contributed by atoms with Crippen molar-refractivity contribution in [2.75, 3.05) is 37.7 Å². The van der Waals surface area contributed by atoms with Crippen molar-refractivity contribution in [3.8, 4) is 0 Å². The Morgan fingerprint density at radius 2 is 1.02 bits per heavy atom. The van der Waals surface area contributed by atoms with Gasteiger partial charge in [0.25, 0.3) is 0 Å². The summed E-state index contributed by atoms with van der Waals surface area (Å²) >= 11 is 0. The summed E-state index contributed by atoms with van der Waals surface area (Å²) in [5, 5.41) is 0. The Bertz CT molecular complexity index is 757. The third-order valence-electron chi connectivity index (χ3n) is 10.7. The zero-order valence-corrected chi connectivity index (χ0v) is 43.1. The molecule has 0 saturated carbocycles. The van der Waals surface area contributed by atoms with Crippen molar-refractivity contribution in [2.45, 2.75) is 245 Å². The van der Waals surface area contributed by atoms with Crippen LogP contribution in [0.3, 0.4) is 0 Å². The van der Waals surface area contributed by atoms with Crippen LogP contribution in [0.25, 0.3) is 0 Å². The normalized spacial score (nSPS) is 11.4. The van der Waals surface area contributed by atoms with Crippen molar-refractivity contribution in [3.05, 3.63) is 19.3 Å². The van der Waals surface area contributed by atoms with Crippen molar-refractivity contribution < 1.29 is 45.4 Å². The molecule has 0 N–H and O–H groups in total. The van der Waals surface area contributed by atoms with Gasteiger partial charge in [-0.1, -0.05) is 177 Å². The van der Waals surface area contributed by atoms with E-state index in [0.717, 1.165) is 57.3 Å². The molecule has 0 atom stereocenters. The Kier molecular flexibility index (Phi) is 51.6. The molecule has 0 rings (SSSR count). The topological polar surface area (TPSA) is 38.8 Å². The van der Waals surface area contributed by atoms with E-state index in [1.165, 1.54) is 198 Å². The Balaban J connectivity index is 0. The average Bonchev–Trinajstić information content (AvgIpc) is 3.17. The molecule has 0 spiro atoms. The molecule has 0 unspecified atom stereocenters. The van der Waals surface area contributed by atoms with Crippen LogP contribution in [0, 0.1) is 38.0 Å². The zero-order chi connectivity index (χ0) is 39.4. The first-order valence-electron chi connectivity index (χ1n) is 23.8. The monoisotopic (exact) mass is 1030 g/mol. The third-order valence-corrected chi connectivity index (χ3v) is 13.3. The van der Waals surface area contributed by atoms with Crippen molar-refractivity contribution in [3.63, 3.8) is 0 Å². The van der Waals surface area contributed by atoms with Crippen LogP contribution < -0.4 is 0 Å². The number of rotatable bonds is 46. The number of ether oxygens (including phenoxy) is 2. The van der Waals surface area contributed by atoms with E-state index in [-0.39, 0.29) is 43.2 Å². The molecule has 0 saturated heterocycles. The second-order valence-electron chi connectivity index (χ2n) is 16.0. The fraction of sp³-hybridized carbons (Fsp3) is 0.917. The van der Waals surface area contributed by atoms with E-state index in [1.807, 2.05) is 21.6 Å². The molecule has 0 fully saturated rings. The van der Waals surface area contributed by atoms with Gasteiger partial charge in [-0.3, -0.25) is 4.79 Å². The van der Waals surface area contributed by atoms with E-state index in [0.29, 0.717) is 6.42 Å². The quantitative estimate of drug-likeness (QED) is 0.0199. The number of hydrogen-bond donors (Lipinski definition) is 0. The van der Waals surface area contributed by atoms with Crippen molar-refractivity contribution in [2.24, 2.45) is 0 Å². The van der Waals surface area contributed by atoms with Gasteiger partial charge < -0.3 is 21.3 Å². The Morgan fingerprint density at radius 1 is 0.564 bits per heavy atom. The fourth-order valence-electron chi connectivity index (χ4n) is 7.21. The minimum atomic E-state index is 0. The zero-order valence-electron chi connectivity index (χ0n) is 37.3. The first-order chi connectivity index (χ1) is 26.6. The van der Waals surface area contributed by atoms with E-state index in [4.69, 9.17) is 9.47 Å². The molecule has 0 aliphatic carbocycles. The van der Waals surface area contributed by atoms with E-state index in [9.17, 15) is 4.79 Å². The smallest absolute Gasteiger partial charge is 0.306 e. The first-order valence-corrected chi connectivity index (χ1v) is 26.3. The Hall–Kier alpha value is 0.722. The van der Waals surface area contributed by atoms with Crippen LogP contribution in [-0.4, -0.2) is 54.7 Å². The first kappa shape index (κ1) is 57.8.